The number of hydroxylamine groups is 2. The Kier molecular flexibility index (Phi) is 43.1. The van der Waals surface area contributed by atoms with Gasteiger partial charge >= 0.3 is 24.2 Å². The zero-order valence-corrected chi connectivity index (χ0v) is 73.7. The molecule has 7 N–H and O–H groups in total. The molecule has 1 aromatic carbocycles. The molecule has 0 radical (unpaired) electrons. The Bertz CT molecular complexity index is 5340. The van der Waals surface area contributed by atoms with Crippen molar-refractivity contribution in [2.75, 3.05) is 158 Å². The highest BCUT2D eigenvalue weighted by Gasteiger charge is 2.25. The average Bonchev–Trinajstić information content (AvgIpc) is 0.819. The van der Waals surface area contributed by atoms with Gasteiger partial charge in [-0.25, -0.2) is 5.06 Å². The molecular weight excluding hydrogens is 1720 g/mol. The summed E-state index contributed by atoms with van der Waals surface area (Å²) in [4.78, 5) is 151. The van der Waals surface area contributed by atoms with Crippen molar-refractivity contribution in [2.45, 2.75) is 78.8 Å². The maximum absolute atomic E-state index is 13.2. The molecule has 11 heterocycles. The summed E-state index contributed by atoms with van der Waals surface area (Å²) < 4.78 is 24.4. The molecule has 6 bridgehead atoms. The molecular formula is C88H110Cl2N18O21. The number of pyridine rings is 7. The number of aliphatic carboxylic acids is 1. The largest absolute Gasteiger partial charge is 0.480 e. The number of allylic oxidation sites excluding steroid dienone is 3. The lowest BCUT2D eigenvalue weighted by Crippen LogP contribution is -2.42. The molecule has 0 saturated heterocycles. The maximum atomic E-state index is 13.2. The molecule has 129 heavy (non-hydrogen) atoms. The number of carbonyl (C=O) groups excluding carboxylic acids is 6. The van der Waals surface area contributed by atoms with E-state index in [0.29, 0.717) is 190 Å². The Balaban J connectivity index is 0.000000243. The normalized spacial score (nSPS) is 15.7. The van der Waals surface area contributed by atoms with Crippen molar-refractivity contribution in [3.63, 3.8) is 0 Å². The molecule has 1 amide bonds. The van der Waals surface area contributed by atoms with Crippen LogP contribution in [-0.4, -0.2) is 303 Å². The smallest absolute Gasteiger partial charge is 0.373 e. The van der Waals surface area contributed by atoms with Gasteiger partial charge in [-0.2, -0.15) is 38.1 Å². The van der Waals surface area contributed by atoms with Crippen LogP contribution in [0.3, 0.4) is 0 Å². The average molecular weight is 1830 g/mol. The maximum Gasteiger partial charge on any atom is 0.373 e. The van der Waals surface area contributed by atoms with E-state index in [4.69, 9.17) is 76.3 Å². The quantitative estimate of drug-likeness (QED) is 0.0163. The summed E-state index contributed by atoms with van der Waals surface area (Å²) in [6, 6.07) is 39.0. The fraction of sp³-hybridized carbons (Fsp3) is 0.409. The van der Waals surface area contributed by atoms with Gasteiger partial charge in [-0.1, -0.05) is 85.2 Å². The summed E-state index contributed by atoms with van der Waals surface area (Å²) in [5, 5.41) is 65.6. The monoisotopic (exact) mass is 1820 g/mol. The molecule has 0 fully saturated rings. The number of amides is 1. The molecule has 41 heteroatoms. The SMILES string of the molecule is C=C1C=CC=C(CN2CCN(Cc3cccc(=O)n3O)CCN(Cc3cccc(=O)n3O)Cc3cccc(n3)C2)N1O.CCN1CCN(Cc2cccc(=O)n2O)CCN(C)Cc2cccc(n2)C1.CN1CCN(Cc2cccc(=O)n2O)CCN(CC(=O)O)Cc2cc(C(=O)NCCOCCOCCOCCC(=O)Oc3c(Cl)cccc3Cl)cc(n2)C1.O=C=O.O=C=O. The first-order chi connectivity index (χ1) is 62.1. The highest BCUT2D eigenvalue weighted by atomic mass is 35.5. The summed E-state index contributed by atoms with van der Waals surface area (Å²) in [5.74, 6) is -1.70. The molecule has 0 aliphatic carbocycles. The lowest BCUT2D eigenvalue weighted by atomic mass is 10.1. The van der Waals surface area contributed by atoms with Crippen molar-refractivity contribution in [2.24, 2.45) is 0 Å². The van der Waals surface area contributed by atoms with E-state index in [1.807, 2.05) is 37.4 Å². The summed E-state index contributed by atoms with van der Waals surface area (Å²) in [7, 11) is 4.04. The number of para-hydroxylation sites is 1. The molecule has 4 aliphatic heterocycles. The van der Waals surface area contributed by atoms with E-state index in [2.05, 4.69) is 83.3 Å². The van der Waals surface area contributed by atoms with E-state index < -0.39 is 34.2 Å². The number of carboxylic acids is 1. The fourth-order valence-electron chi connectivity index (χ4n) is 13.9. The number of fused-ring (bicyclic) bond motifs is 6. The number of halogens is 2. The van der Waals surface area contributed by atoms with E-state index in [0.717, 1.165) is 78.4 Å². The molecule has 0 spiro atoms. The number of carbonyl (C=O) groups is 3. The molecule has 7 aromatic heterocycles. The number of nitrogens with zero attached hydrogens (tertiary/aromatic N) is 17. The Hall–Kier alpha value is -12.1. The summed E-state index contributed by atoms with van der Waals surface area (Å²) in [6.45, 7) is 21.7. The van der Waals surface area contributed by atoms with Crippen LogP contribution >= 0.6 is 23.2 Å². The van der Waals surface area contributed by atoms with Gasteiger partial charge in [0.2, 0.25) is 0 Å². The Morgan fingerprint density at radius 2 is 0.798 bits per heavy atom. The summed E-state index contributed by atoms with van der Waals surface area (Å²) in [5.41, 5.74) is 6.76. The number of hydrogen-bond donors (Lipinski definition) is 7. The van der Waals surface area contributed by atoms with Crippen molar-refractivity contribution in [1.29, 1.82) is 0 Å². The minimum atomic E-state index is -0.996. The highest BCUT2D eigenvalue weighted by Crippen LogP contribution is 2.33. The molecule has 0 saturated carbocycles. The van der Waals surface area contributed by atoms with Gasteiger partial charge in [0.1, 0.15) is 0 Å². The van der Waals surface area contributed by atoms with Crippen molar-refractivity contribution in [3.8, 4) is 5.75 Å². The number of nitrogens with one attached hydrogen (secondary N) is 1. The lowest BCUT2D eigenvalue weighted by Gasteiger charge is -2.33. The first-order valence-corrected chi connectivity index (χ1v) is 42.2. The second-order valence-corrected chi connectivity index (χ2v) is 31.1. The van der Waals surface area contributed by atoms with Crippen LogP contribution < -0.4 is 32.3 Å². The zero-order valence-electron chi connectivity index (χ0n) is 72.2. The fourth-order valence-corrected chi connectivity index (χ4v) is 14.4. The molecule has 12 rings (SSSR count). The minimum Gasteiger partial charge on any atom is -0.480 e. The van der Waals surface area contributed by atoms with E-state index in [1.165, 1.54) is 24.3 Å². The summed E-state index contributed by atoms with van der Waals surface area (Å²) >= 11 is 12.0. The topological polar surface area (TPSA) is 449 Å². The number of carboxylic acid groups (broad SMARTS) is 1. The minimum absolute atomic E-state index is 0.0201. The molecule has 39 nitrogen and oxygen atoms in total. The van der Waals surface area contributed by atoms with Crippen LogP contribution in [0.2, 0.25) is 10.0 Å². The number of ether oxygens (including phenoxy) is 4. The van der Waals surface area contributed by atoms with E-state index in [1.54, 1.807) is 89.8 Å². The van der Waals surface area contributed by atoms with Gasteiger partial charge in [0.15, 0.2) is 5.75 Å². The first kappa shape index (κ1) is 102. The molecule has 692 valence electrons. The number of hydrogen-bond acceptors (Lipinski definition) is 33. The van der Waals surface area contributed by atoms with Crippen molar-refractivity contribution < 1.29 is 83.7 Å². The Morgan fingerprint density at radius 1 is 0.450 bits per heavy atom. The number of aromatic nitrogens is 7. The third kappa shape index (κ3) is 35.1. The van der Waals surface area contributed by atoms with Gasteiger partial charge in [-0.15, -0.1) is 0 Å². The molecule has 0 unspecified atom stereocenters. The Labute approximate surface area is 754 Å². The van der Waals surface area contributed by atoms with E-state index >= 15 is 0 Å². The second kappa shape index (κ2) is 54.3. The van der Waals surface area contributed by atoms with Crippen molar-refractivity contribution >= 4 is 53.4 Å². The lowest BCUT2D eigenvalue weighted by molar-refractivity contribution is -0.193. The van der Waals surface area contributed by atoms with Gasteiger partial charge in [0.05, 0.1) is 131 Å². The van der Waals surface area contributed by atoms with Crippen LogP contribution in [0.1, 0.15) is 80.6 Å². The summed E-state index contributed by atoms with van der Waals surface area (Å²) in [6.07, 6.45) is 5.96. The van der Waals surface area contributed by atoms with Crippen LogP contribution in [-0.2, 0) is 108 Å². The van der Waals surface area contributed by atoms with Crippen LogP contribution in [0, 0.1) is 0 Å². The molecule has 0 atom stereocenters. The van der Waals surface area contributed by atoms with Crippen molar-refractivity contribution in [3.05, 3.63) is 290 Å². The number of esters is 1. The zero-order chi connectivity index (χ0) is 93.2. The van der Waals surface area contributed by atoms with Gasteiger partial charge in [0, 0.05) is 187 Å². The van der Waals surface area contributed by atoms with Crippen LogP contribution in [0.4, 0.5) is 0 Å². The number of likely N-dealkylation sites (N-methyl/N-ethyl adjacent to an activating group) is 3. The highest BCUT2D eigenvalue weighted by molar-refractivity contribution is 6.37. The Morgan fingerprint density at radius 3 is 1.26 bits per heavy atom. The number of rotatable bonds is 27. The van der Waals surface area contributed by atoms with Crippen LogP contribution in [0.5, 0.6) is 5.75 Å². The third-order valence-corrected chi connectivity index (χ3v) is 21.2. The van der Waals surface area contributed by atoms with Gasteiger partial charge in [-0.05, 0) is 106 Å². The third-order valence-electron chi connectivity index (χ3n) is 20.6. The predicted octanol–water partition coefficient (Wildman–Crippen LogP) is 4.34. The first-order valence-electron chi connectivity index (χ1n) is 41.5. The molecule has 8 aromatic rings. The van der Waals surface area contributed by atoms with Crippen LogP contribution in [0.25, 0.3) is 0 Å². The van der Waals surface area contributed by atoms with Crippen molar-refractivity contribution in [1.82, 2.24) is 88.4 Å². The standard InChI is InChI=1S/C36H46Cl2N6O10.C30H35N7O5.C20H29N5O2.2CO2/c1-41-10-11-42(24-29-4-2-7-32(45)44(29)50)12-13-43(25-33(46)47)23-28-21-26(20-27(22-41)40-28)36(49)39-9-15-52-17-19-53-18-16-51-14-8-34(48)54-35-30(37)5-3-6-31(35)38;1-23-6-2-9-26(35(23)40)21-33-16-14-32(20-27-10-4-12-29(38)36(27)41)15-17-34(19-25-8-3-7-24(18-33)31-25)22-28-11-5-13-30(39)37(28)42;1-3-23-12-13-24(16-19-8-5-9-20(26)25(19)27)11-10-22(2)14-17-6-4-7-18(15-23)21-17;2*2-1-3/h2-7,20-21,50H,8-19,22-25H2,1H3,(H,39,49)(H,46,47);2-13,40-42H,1,14-22H2;4-9,27H,3,10-16H2,1-2H3;;. The van der Waals surface area contributed by atoms with Gasteiger partial charge in [-0.3, -0.25) is 97.8 Å². The molecule has 4 aliphatic rings. The van der Waals surface area contributed by atoms with Gasteiger partial charge < -0.3 is 50.2 Å². The van der Waals surface area contributed by atoms with Crippen LogP contribution in [0.15, 0.2) is 195 Å². The second-order valence-electron chi connectivity index (χ2n) is 30.3. The number of benzene rings is 1. The van der Waals surface area contributed by atoms with E-state index in [-0.39, 0.29) is 79.9 Å². The predicted molar refractivity (Wildman–Crippen MR) is 468 cm³/mol. The van der Waals surface area contributed by atoms with E-state index in [9.17, 15) is 64.7 Å². The van der Waals surface area contributed by atoms with Gasteiger partial charge in [0.25, 0.3) is 28.1 Å².